The van der Waals surface area contributed by atoms with Gasteiger partial charge in [-0.25, -0.2) is 4.57 Å². The molecule has 0 aliphatic carbocycles. The molecule has 3 atom stereocenters. The van der Waals surface area contributed by atoms with Gasteiger partial charge < -0.3 is 19.8 Å². The molecule has 9 heteroatoms. The summed E-state index contributed by atoms with van der Waals surface area (Å²) in [5.74, 6) is -0.182. The van der Waals surface area contributed by atoms with Gasteiger partial charge in [0.2, 0.25) is 5.91 Å². The molecule has 0 bridgehead atoms. The molecule has 1 amide bonds. The predicted octanol–water partition coefficient (Wildman–Crippen LogP) is 8.85. The highest BCUT2D eigenvalue weighted by Crippen LogP contribution is 2.43. The molecule has 0 rings (SSSR count). The van der Waals surface area contributed by atoms with Crippen LogP contribution in [0.5, 0.6) is 0 Å². The van der Waals surface area contributed by atoms with Crippen molar-refractivity contribution >= 4 is 13.7 Å². The van der Waals surface area contributed by atoms with E-state index in [-0.39, 0.29) is 19.1 Å². The molecule has 0 heterocycles. The third kappa shape index (κ3) is 29.9. The number of phosphoric ester groups is 1. The zero-order valence-corrected chi connectivity index (χ0v) is 30.3. The number of rotatable bonds is 32. The summed E-state index contributed by atoms with van der Waals surface area (Å²) < 4.78 is 23.4. The Morgan fingerprint density at radius 3 is 1.68 bits per heavy atom. The average molecular weight is 648 g/mol. The number of hydrogen-bond donors (Lipinski definition) is 3. The first kappa shape index (κ1) is 43.2. The maximum Gasteiger partial charge on any atom is 0.472 e. The number of amides is 1. The molecule has 262 valence electrons. The number of nitrogens with one attached hydrogen (secondary N) is 1. The van der Waals surface area contributed by atoms with Crippen LogP contribution < -0.4 is 5.32 Å². The zero-order valence-electron chi connectivity index (χ0n) is 29.4. The first-order chi connectivity index (χ1) is 21.0. The Kier molecular flexibility index (Phi) is 28.0. The number of unbranched alkanes of at least 4 members (excludes halogenated alkanes) is 19. The van der Waals surface area contributed by atoms with Crippen LogP contribution in [0.2, 0.25) is 0 Å². The van der Waals surface area contributed by atoms with Crippen molar-refractivity contribution in [2.45, 2.75) is 167 Å². The second kappa shape index (κ2) is 28.5. The van der Waals surface area contributed by atoms with Crippen molar-refractivity contribution in [1.29, 1.82) is 0 Å². The van der Waals surface area contributed by atoms with Crippen molar-refractivity contribution in [3.63, 3.8) is 0 Å². The number of hydrogen-bond acceptors (Lipinski definition) is 5. The number of likely N-dealkylation sites (N-methyl/N-ethyl adjacent to an activating group) is 1. The number of aliphatic hydroxyl groups is 1. The van der Waals surface area contributed by atoms with E-state index in [1.54, 1.807) is 6.08 Å². The van der Waals surface area contributed by atoms with Crippen LogP contribution in [0.4, 0.5) is 0 Å². The van der Waals surface area contributed by atoms with Gasteiger partial charge in [0.1, 0.15) is 13.2 Å². The SMILES string of the molecule is CCCCCCCCCCCCC/C=C/[C@@H](O)[C@H](COP(=O)(O)OCC[N+](C)(C)C)NC(=O)CCCCCCCCCCC. The third-order valence-corrected chi connectivity index (χ3v) is 8.99. The summed E-state index contributed by atoms with van der Waals surface area (Å²) in [5, 5.41) is 13.7. The first-order valence-corrected chi connectivity index (χ1v) is 19.6. The van der Waals surface area contributed by atoms with Crippen LogP contribution in [-0.2, 0) is 18.4 Å². The Bertz CT molecular complexity index is 743. The van der Waals surface area contributed by atoms with E-state index in [2.05, 4.69) is 19.2 Å². The van der Waals surface area contributed by atoms with Gasteiger partial charge in [0.05, 0.1) is 39.9 Å². The lowest BCUT2D eigenvalue weighted by Gasteiger charge is -2.25. The number of nitrogens with zero attached hydrogens (tertiary/aromatic N) is 1. The smallest absolute Gasteiger partial charge is 0.387 e. The van der Waals surface area contributed by atoms with Crippen LogP contribution in [-0.4, -0.2) is 73.4 Å². The van der Waals surface area contributed by atoms with E-state index >= 15 is 0 Å². The van der Waals surface area contributed by atoms with E-state index in [0.29, 0.717) is 17.4 Å². The van der Waals surface area contributed by atoms with E-state index < -0.39 is 20.0 Å². The molecule has 44 heavy (non-hydrogen) atoms. The highest BCUT2D eigenvalue weighted by Gasteiger charge is 2.27. The number of aliphatic hydroxyl groups excluding tert-OH is 1. The fourth-order valence-corrected chi connectivity index (χ4v) is 5.77. The molecule has 0 saturated heterocycles. The standard InChI is InChI=1S/C35H71N2O6P/c1-6-8-10-12-14-16-17-18-19-21-22-24-26-28-34(38)33(32-43-44(40,41)42-31-30-37(3,4)5)36-35(39)29-27-25-23-20-15-13-11-9-7-2/h26,28,33-34,38H,6-25,27,29-32H2,1-5H3,(H-,36,39,40,41)/p+1/b28-26+/t33-,34+/m0/s1. The van der Waals surface area contributed by atoms with Gasteiger partial charge in [-0.05, 0) is 19.3 Å². The highest BCUT2D eigenvalue weighted by atomic mass is 31.2. The second-order valence-electron chi connectivity index (χ2n) is 13.6. The highest BCUT2D eigenvalue weighted by molar-refractivity contribution is 7.47. The van der Waals surface area contributed by atoms with Crippen molar-refractivity contribution < 1.29 is 32.9 Å². The molecule has 0 saturated carbocycles. The lowest BCUT2D eigenvalue weighted by molar-refractivity contribution is -0.870. The Balaban J connectivity index is 4.57. The van der Waals surface area contributed by atoms with Crippen LogP contribution in [0, 0.1) is 0 Å². The van der Waals surface area contributed by atoms with Gasteiger partial charge in [0, 0.05) is 6.42 Å². The van der Waals surface area contributed by atoms with Gasteiger partial charge in [-0.2, -0.15) is 0 Å². The molecule has 0 aromatic rings. The summed E-state index contributed by atoms with van der Waals surface area (Å²) in [6, 6.07) is -0.836. The third-order valence-electron chi connectivity index (χ3n) is 8.01. The Morgan fingerprint density at radius 1 is 0.750 bits per heavy atom. The fraction of sp³-hybridized carbons (Fsp3) is 0.914. The summed E-state index contributed by atoms with van der Waals surface area (Å²) in [7, 11) is 1.57. The van der Waals surface area contributed by atoms with Gasteiger partial charge >= 0.3 is 7.82 Å². The maximum atomic E-state index is 12.7. The Labute approximate surface area is 272 Å². The Morgan fingerprint density at radius 2 is 1.20 bits per heavy atom. The molecule has 3 N–H and O–H groups in total. The normalized spacial score (nSPS) is 15.0. The topological polar surface area (TPSA) is 105 Å². The predicted molar refractivity (Wildman–Crippen MR) is 185 cm³/mol. The summed E-state index contributed by atoms with van der Waals surface area (Å²) in [5.41, 5.74) is 0. The lowest BCUT2D eigenvalue weighted by Crippen LogP contribution is -2.45. The van der Waals surface area contributed by atoms with E-state index in [9.17, 15) is 19.4 Å². The number of carbonyl (C=O) groups is 1. The van der Waals surface area contributed by atoms with E-state index in [1.165, 1.54) is 96.3 Å². The van der Waals surface area contributed by atoms with Gasteiger partial charge in [-0.3, -0.25) is 13.8 Å². The summed E-state index contributed by atoms with van der Waals surface area (Å²) >= 11 is 0. The fourth-order valence-electron chi connectivity index (χ4n) is 5.04. The molecule has 0 aliphatic heterocycles. The van der Waals surface area contributed by atoms with E-state index in [1.807, 2.05) is 27.2 Å². The summed E-state index contributed by atoms with van der Waals surface area (Å²) in [4.78, 5) is 22.9. The molecule has 8 nitrogen and oxygen atoms in total. The lowest BCUT2D eigenvalue weighted by atomic mass is 10.0. The number of allylic oxidation sites excluding steroid dienone is 1. The summed E-state index contributed by atoms with van der Waals surface area (Å²) in [6.07, 6.45) is 28.4. The average Bonchev–Trinajstić information content (AvgIpc) is 2.95. The Hall–Kier alpha value is -0.760. The zero-order chi connectivity index (χ0) is 32.9. The molecular weight excluding hydrogens is 575 g/mol. The molecule has 0 spiro atoms. The van der Waals surface area contributed by atoms with Crippen LogP contribution in [0.15, 0.2) is 12.2 Å². The van der Waals surface area contributed by atoms with Crippen molar-refractivity contribution in [1.82, 2.24) is 5.32 Å². The van der Waals surface area contributed by atoms with Crippen molar-refractivity contribution in [2.24, 2.45) is 0 Å². The van der Waals surface area contributed by atoms with Crippen LogP contribution in [0.1, 0.15) is 155 Å². The van der Waals surface area contributed by atoms with Crippen LogP contribution >= 0.6 is 7.82 Å². The maximum absolute atomic E-state index is 12.7. The minimum atomic E-state index is -4.32. The van der Waals surface area contributed by atoms with Crippen molar-refractivity contribution in [3.8, 4) is 0 Å². The number of quaternary nitrogens is 1. The van der Waals surface area contributed by atoms with E-state index in [0.717, 1.165) is 38.5 Å². The molecule has 0 aliphatic rings. The molecule has 0 radical (unpaired) electrons. The number of carbonyl (C=O) groups excluding carboxylic acids is 1. The van der Waals surface area contributed by atoms with Gasteiger partial charge in [-0.15, -0.1) is 0 Å². The first-order valence-electron chi connectivity index (χ1n) is 18.1. The minimum Gasteiger partial charge on any atom is -0.387 e. The molecule has 0 fully saturated rings. The minimum absolute atomic E-state index is 0.0638. The van der Waals surface area contributed by atoms with Gasteiger partial charge in [0.15, 0.2) is 0 Å². The van der Waals surface area contributed by atoms with Gasteiger partial charge in [-0.1, -0.05) is 142 Å². The van der Waals surface area contributed by atoms with Crippen LogP contribution in [0.3, 0.4) is 0 Å². The van der Waals surface area contributed by atoms with E-state index in [4.69, 9.17) is 9.05 Å². The second-order valence-corrected chi connectivity index (χ2v) is 15.1. The summed E-state index contributed by atoms with van der Waals surface area (Å²) in [6.45, 7) is 4.76. The largest absolute Gasteiger partial charge is 0.472 e. The van der Waals surface area contributed by atoms with Crippen molar-refractivity contribution in [2.75, 3.05) is 40.9 Å². The van der Waals surface area contributed by atoms with Gasteiger partial charge in [0.25, 0.3) is 0 Å². The number of phosphoric acid groups is 1. The molecule has 0 aromatic carbocycles. The molecular formula is C35H72N2O6P+. The molecule has 0 aromatic heterocycles. The van der Waals surface area contributed by atoms with Crippen LogP contribution in [0.25, 0.3) is 0 Å². The quantitative estimate of drug-likeness (QED) is 0.0292. The molecule has 1 unspecified atom stereocenters. The monoisotopic (exact) mass is 648 g/mol. The van der Waals surface area contributed by atoms with Crippen molar-refractivity contribution in [3.05, 3.63) is 12.2 Å².